The van der Waals surface area contributed by atoms with Gasteiger partial charge >= 0.3 is 0 Å². The fraction of sp³-hybridized carbons (Fsp3) is 0.273. The van der Waals surface area contributed by atoms with Crippen molar-refractivity contribution in [1.29, 1.82) is 0 Å². The van der Waals surface area contributed by atoms with Gasteiger partial charge in [0.25, 0.3) is 0 Å². The normalized spacial score (nSPS) is 10.8. The van der Waals surface area contributed by atoms with E-state index < -0.39 is 0 Å². The molecule has 0 atom stereocenters. The lowest BCUT2D eigenvalue weighted by Crippen LogP contribution is -2.21. The van der Waals surface area contributed by atoms with E-state index in [1.807, 2.05) is 19.1 Å². The van der Waals surface area contributed by atoms with Crippen molar-refractivity contribution in [1.82, 2.24) is 15.3 Å². The summed E-state index contributed by atoms with van der Waals surface area (Å²) < 4.78 is 0.609. The fourth-order valence-electron chi connectivity index (χ4n) is 1.48. The second-order valence-corrected chi connectivity index (χ2v) is 4.78. The largest absolute Gasteiger partial charge is 0.351 e. The molecule has 0 aromatic carbocycles. The minimum Gasteiger partial charge on any atom is -0.351 e. The molecule has 0 saturated carbocycles. The second-order valence-electron chi connectivity index (χ2n) is 3.62. The molecule has 0 fully saturated rings. The first-order valence-corrected chi connectivity index (χ1v) is 6.37. The molecule has 0 bridgehead atoms. The van der Waals surface area contributed by atoms with Crippen LogP contribution in [0.2, 0.25) is 5.02 Å². The molecule has 17 heavy (non-hydrogen) atoms. The van der Waals surface area contributed by atoms with E-state index in [2.05, 4.69) is 31.2 Å². The van der Waals surface area contributed by atoms with Crippen LogP contribution in [0, 0.1) is 0 Å². The van der Waals surface area contributed by atoms with E-state index in [9.17, 15) is 4.79 Å². The van der Waals surface area contributed by atoms with Crippen LogP contribution in [0.15, 0.2) is 16.7 Å². The van der Waals surface area contributed by atoms with E-state index in [1.165, 1.54) is 0 Å². The molecule has 2 N–H and O–H groups in total. The van der Waals surface area contributed by atoms with Crippen LogP contribution < -0.4 is 5.32 Å². The highest BCUT2D eigenvalue weighted by molar-refractivity contribution is 9.10. The molecule has 0 spiro atoms. The number of amides is 1. The van der Waals surface area contributed by atoms with Crippen LogP contribution in [0.3, 0.4) is 0 Å². The van der Waals surface area contributed by atoms with E-state index in [-0.39, 0.29) is 5.91 Å². The van der Waals surface area contributed by atoms with Crippen LogP contribution in [0.25, 0.3) is 11.0 Å². The predicted octanol–water partition coefficient (Wildman–Crippen LogP) is 3.01. The number of hydrogen-bond donors (Lipinski definition) is 2. The van der Waals surface area contributed by atoms with Crippen molar-refractivity contribution in [3.8, 4) is 0 Å². The number of carbonyl (C=O) groups excluding carboxylic acids is 1. The number of pyridine rings is 1. The maximum Gasteiger partial charge on any atom is 0.220 e. The maximum absolute atomic E-state index is 11.1. The lowest BCUT2D eigenvalue weighted by molar-refractivity contribution is -0.120. The van der Waals surface area contributed by atoms with Gasteiger partial charge in [-0.05, 0) is 28.1 Å². The van der Waals surface area contributed by atoms with E-state index in [0.29, 0.717) is 22.6 Å². The Morgan fingerprint density at radius 2 is 2.35 bits per heavy atom. The Hall–Kier alpha value is -1.07. The number of aromatic nitrogens is 2. The highest BCUT2D eigenvalue weighted by Gasteiger charge is 2.06. The monoisotopic (exact) mass is 315 g/mol. The first-order valence-electron chi connectivity index (χ1n) is 5.20. The molecular weight excluding hydrogens is 305 g/mol. The number of fused-ring (bicyclic) bond motifs is 1. The van der Waals surface area contributed by atoms with Crippen molar-refractivity contribution in [3.05, 3.63) is 27.5 Å². The molecule has 0 aliphatic rings. The summed E-state index contributed by atoms with van der Waals surface area (Å²) in [6.45, 7) is 2.29. The summed E-state index contributed by atoms with van der Waals surface area (Å²) in [5.74, 6) is 0.0239. The van der Waals surface area contributed by atoms with Gasteiger partial charge in [-0.25, -0.2) is 4.98 Å². The molecule has 2 aromatic heterocycles. The lowest BCUT2D eigenvalue weighted by atomic mass is 10.3. The summed E-state index contributed by atoms with van der Waals surface area (Å²) in [5.41, 5.74) is 1.66. The summed E-state index contributed by atoms with van der Waals surface area (Å²) in [4.78, 5) is 18.5. The topological polar surface area (TPSA) is 57.8 Å². The molecular formula is C11H11BrClN3O. The Labute approximate surface area is 112 Å². The lowest BCUT2D eigenvalue weighted by Gasteiger charge is -1.99. The van der Waals surface area contributed by atoms with Gasteiger partial charge in [0.05, 0.1) is 11.6 Å². The zero-order valence-electron chi connectivity index (χ0n) is 9.18. The van der Waals surface area contributed by atoms with Gasteiger partial charge in [-0.2, -0.15) is 0 Å². The number of rotatable bonds is 3. The number of carbonyl (C=O) groups is 1. The van der Waals surface area contributed by atoms with Crippen LogP contribution in [-0.4, -0.2) is 15.9 Å². The van der Waals surface area contributed by atoms with Gasteiger partial charge in [0.1, 0.15) is 10.3 Å². The summed E-state index contributed by atoms with van der Waals surface area (Å²) in [6.07, 6.45) is 0.482. The number of aromatic amines is 1. The smallest absolute Gasteiger partial charge is 0.220 e. The molecule has 2 heterocycles. The van der Waals surface area contributed by atoms with E-state index in [0.717, 1.165) is 16.7 Å². The molecule has 0 aliphatic carbocycles. The number of hydrogen-bond acceptors (Lipinski definition) is 2. The Morgan fingerprint density at radius 3 is 3.06 bits per heavy atom. The molecule has 0 unspecified atom stereocenters. The SMILES string of the molecule is CCC(=O)NCc1cc2cc(Cl)c(Br)nc2[nH]1. The minimum absolute atomic E-state index is 0.0239. The van der Waals surface area contributed by atoms with Gasteiger partial charge in [0.15, 0.2) is 0 Å². The van der Waals surface area contributed by atoms with Crippen molar-refractivity contribution in [2.24, 2.45) is 0 Å². The average molecular weight is 317 g/mol. The maximum atomic E-state index is 11.1. The molecule has 4 nitrogen and oxygen atoms in total. The third-order valence-corrected chi connectivity index (χ3v) is 3.49. The summed E-state index contributed by atoms with van der Waals surface area (Å²) in [6, 6.07) is 3.76. The van der Waals surface area contributed by atoms with Crippen molar-refractivity contribution >= 4 is 44.5 Å². The molecule has 1 amide bonds. The molecule has 2 aromatic rings. The van der Waals surface area contributed by atoms with Crippen molar-refractivity contribution in [2.45, 2.75) is 19.9 Å². The van der Waals surface area contributed by atoms with Gasteiger partial charge in [-0.3, -0.25) is 4.79 Å². The summed E-state index contributed by atoms with van der Waals surface area (Å²) in [7, 11) is 0. The van der Waals surface area contributed by atoms with Crippen LogP contribution in [0.1, 0.15) is 19.0 Å². The van der Waals surface area contributed by atoms with Crippen molar-refractivity contribution < 1.29 is 4.79 Å². The first kappa shape index (κ1) is 12.4. The van der Waals surface area contributed by atoms with E-state index in [1.54, 1.807) is 0 Å². The average Bonchev–Trinajstić information content (AvgIpc) is 2.68. The van der Waals surface area contributed by atoms with E-state index >= 15 is 0 Å². The first-order chi connectivity index (χ1) is 8.10. The molecule has 0 aliphatic heterocycles. The molecule has 90 valence electrons. The third kappa shape index (κ3) is 2.79. The highest BCUT2D eigenvalue weighted by atomic mass is 79.9. The number of nitrogens with zero attached hydrogens (tertiary/aromatic N) is 1. The zero-order valence-corrected chi connectivity index (χ0v) is 11.5. The van der Waals surface area contributed by atoms with E-state index in [4.69, 9.17) is 11.6 Å². The summed E-state index contributed by atoms with van der Waals surface area (Å²) in [5, 5.41) is 4.30. The van der Waals surface area contributed by atoms with Gasteiger partial charge in [-0.15, -0.1) is 0 Å². The van der Waals surface area contributed by atoms with Crippen LogP contribution >= 0.6 is 27.5 Å². The third-order valence-electron chi connectivity index (χ3n) is 2.37. The Kier molecular flexibility index (Phi) is 3.69. The Balaban J connectivity index is 2.23. The molecule has 6 heteroatoms. The van der Waals surface area contributed by atoms with Crippen molar-refractivity contribution in [3.63, 3.8) is 0 Å². The Bertz CT molecular complexity index is 528. The standard InChI is InChI=1S/C11H11BrClN3O/c1-2-9(17)14-5-7-3-6-4-8(13)10(12)16-11(6)15-7/h3-4H,2,5H2,1H3,(H,14,17)(H,15,16). The second kappa shape index (κ2) is 5.06. The van der Waals surface area contributed by atoms with Gasteiger partial charge in [0.2, 0.25) is 5.91 Å². The van der Waals surface area contributed by atoms with Crippen molar-refractivity contribution in [2.75, 3.05) is 0 Å². The molecule has 2 rings (SSSR count). The highest BCUT2D eigenvalue weighted by Crippen LogP contribution is 2.25. The van der Waals surface area contributed by atoms with Crippen LogP contribution in [0.5, 0.6) is 0 Å². The summed E-state index contributed by atoms with van der Waals surface area (Å²) >= 11 is 9.22. The van der Waals surface area contributed by atoms with Crippen LogP contribution in [0.4, 0.5) is 0 Å². The number of nitrogens with one attached hydrogen (secondary N) is 2. The molecule has 0 saturated heterocycles. The fourth-order valence-corrected chi connectivity index (χ4v) is 1.93. The van der Waals surface area contributed by atoms with Gasteiger partial charge < -0.3 is 10.3 Å². The van der Waals surface area contributed by atoms with Gasteiger partial charge in [0, 0.05) is 17.5 Å². The molecule has 0 radical (unpaired) electrons. The quantitative estimate of drug-likeness (QED) is 0.855. The predicted molar refractivity (Wildman–Crippen MR) is 70.9 cm³/mol. The number of H-pyrrole nitrogens is 1. The van der Waals surface area contributed by atoms with Gasteiger partial charge in [-0.1, -0.05) is 18.5 Å². The van der Waals surface area contributed by atoms with Crippen LogP contribution in [-0.2, 0) is 11.3 Å². The number of halogens is 2. The Morgan fingerprint density at radius 1 is 1.59 bits per heavy atom. The zero-order chi connectivity index (χ0) is 12.4. The minimum atomic E-state index is 0.0239.